The van der Waals surface area contributed by atoms with Crippen molar-refractivity contribution < 1.29 is 8.83 Å². The number of nitrogens with zero attached hydrogens (tertiary/aromatic N) is 3. The van der Waals surface area contributed by atoms with Gasteiger partial charge >= 0.3 is 0 Å². The summed E-state index contributed by atoms with van der Waals surface area (Å²) in [5.41, 5.74) is 14.4. The summed E-state index contributed by atoms with van der Waals surface area (Å²) < 4.78 is 13.4. The molecule has 0 saturated heterocycles. The number of fused-ring (bicyclic) bond motifs is 11. The Kier molecular flexibility index (Phi) is 6.91. The van der Waals surface area contributed by atoms with E-state index in [-0.39, 0.29) is 5.41 Å². The van der Waals surface area contributed by atoms with Gasteiger partial charge in [0.05, 0.1) is 5.56 Å². The number of furan rings is 2. The Morgan fingerprint density at radius 2 is 1.17 bits per heavy atom. The molecule has 12 rings (SSSR count). The minimum atomic E-state index is -0.163. The van der Waals surface area contributed by atoms with Crippen molar-refractivity contribution in [3.8, 4) is 33.8 Å². The van der Waals surface area contributed by atoms with Crippen LogP contribution in [0.15, 0.2) is 185 Å². The third-order valence-electron chi connectivity index (χ3n) is 12.1. The van der Waals surface area contributed by atoms with Gasteiger partial charge in [0.25, 0.3) is 0 Å². The molecule has 0 bridgehead atoms. The van der Waals surface area contributed by atoms with Gasteiger partial charge in [-0.1, -0.05) is 135 Å². The molecule has 3 aromatic heterocycles. The lowest BCUT2D eigenvalue weighted by atomic mass is 9.82. The first kappa shape index (κ1) is 32.7. The van der Waals surface area contributed by atoms with E-state index in [2.05, 4.69) is 158 Å². The Hall–Kier alpha value is -7.50. The molecule has 0 atom stereocenters. The zero-order valence-corrected chi connectivity index (χ0v) is 31.9. The third kappa shape index (κ3) is 4.77. The van der Waals surface area contributed by atoms with Crippen LogP contribution in [-0.4, -0.2) is 9.97 Å². The molecule has 0 amide bonds. The van der Waals surface area contributed by atoms with Crippen LogP contribution in [0, 0.1) is 0 Å². The monoisotopic (exact) mass is 745 g/mol. The van der Waals surface area contributed by atoms with Crippen LogP contribution in [0.3, 0.4) is 0 Å². The summed E-state index contributed by atoms with van der Waals surface area (Å²) >= 11 is 0. The quantitative estimate of drug-likeness (QED) is 0.176. The molecule has 0 saturated carbocycles. The van der Waals surface area contributed by atoms with E-state index >= 15 is 0 Å². The van der Waals surface area contributed by atoms with Gasteiger partial charge in [-0.05, 0) is 87.6 Å². The Labute approximate surface area is 334 Å². The maximum Gasteiger partial charge on any atom is 0.180 e. The number of anilines is 3. The summed E-state index contributed by atoms with van der Waals surface area (Å²) in [6.45, 7) is 4.66. The van der Waals surface area contributed by atoms with Crippen LogP contribution < -0.4 is 4.90 Å². The van der Waals surface area contributed by atoms with Crippen LogP contribution in [0.2, 0.25) is 0 Å². The zero-order chi connectivity index (χ0) is 38.5. The van der Waals surface area contributed by atoms with Crippen molar-refractivity contribution in [2.45, 2.75) is 19.3 Å². The fourth-order valence-electron chi connectivity index (χ4n) is 9.29. The van der Waals surface area contributed by atoms with Gasteiger partial charge in [-0.15, -0.1) is 0 Å². The molecular weight excluding hydrogens is 711 g/mol. The van der Waals surface area contributed by atoms with E-state index in [1.54, 1.807) is 0 Å². The van der Waals surface area contributed by atoms with E-state index < -0.39 is 0 Å². The Morgan fingerprint density at radius 3 is 2.03 bits per heavy atom. The molecule has 58 heavy (non-hydrogen) atoms. The molecule has 11 aromatic rings. The van der Waals surface area contributed by atoms with Crippen molar-refractivity contribution in [1.82, 2.24) is 9.97 Å². The number of hydrogen-bond donors (Lipinski definition) is 0. The first-order chi connectivity index (χ1) is 28.5. The highest BCUT2D eigenvalue weighted by Gasteiger charge is 2.36. The summed E-state index contributed by atoms with van der Waals surface area (Å²) in [5.74, 6) is 0.562. The molecule has 1 aliphatic carbocycles. The predicted octanol–water partition coefficient (Wildman–Crippen LogP) is 14.5. The second-order valence-electron chi connectivity index (χ2n) is 15.7. The van der Waals surface area contributed by atoms with Crippen LogP contribution in [0.5, 0.6) is 0 Å². The number of hydrogen-bond acceptors (Lipinski definition) is 5. The summed E-state index contributed by atoms with van der Waals surface area (Å²) in [5, 5.41) is 5.28. The molecule has 8 aromatic carbocycles. The van der Waals surface area contributed by atoms with Gasteiger partial charge in [0.1, 0.15) is 28.0 Å². The number of rotatable bonds is 5. The lowest BCUT2D eigenvalue weighted by molar-refractivity contribution is 0.660. The van der Waals surface area contributed by atoms with Crippen LogP contribution >= 0.6 is 0 Å². The van der Waals surface area contributed by atoms with Crippen molar-refractivity contribution in [2.24, 2.45) is 0 Å². The van der Waals surface area contributed by atoms with Crippen LogP contribution in [0.1, 0.15) is 25.0 Å². The van der Waals surface area contributed by atoms with Crippen LogP contribution in [0.4, 0.5) is 17.1 Å². The smallest absolute Gasteiger partial charge is 0.180 e. The lowest BCUT2D eigenvalue weighted by Crippen LogP contribution is -2.16. The van der Waals surface area contributed by atoms with Gasteiger partial charge in [0, 0.05) is 44.2 Å². The molecule has 0 unspecified atom stereocenters. The Morgan fingerprint density at radius 1 is 0.466 bits per heavy atom. The lowest BCUT2D eigenvalue weighted by Gasteiger charge is -2.28. The number of aromatic nitrogens is 2. The highest BCUT2D eigenvalue weighted by Crippen LogP contribution is 2.51. The maximum absolute atomic E-state index is 6.92. The van der Waals surface area contributed by atoms with E-state index in [0.717, 1.165) is 83.1 Å². The van der Waals surface area contributed by atoms with Gasteiger partial charge in [-0.3, -0.25) is 0 Å². The van der Waals surface area contributed by atoms with Crippen molar-refractivity contribution in [2.75, 3.05) is 4.90 Å². The third-order valence-corrected chi connectivity index (χ3v) is 12.1. The van der Waals surface area contributed by atoms with Crippen LogP contribution in [0.25, 0.3) is 88.6 Å². The first-order valence-corrected chi connectivity index (χ1v) is 19.7. The van der Waals surface area contributed by atoms with Crippen molar-refractivity contribution in [3.05, 3.63) is 187 Å². The van der Waals surface area contributed by atoms with E-state index in [9.17, 15) is 0 Å². The van der Waals surface area contributed by atoms with Gasteiger partial charge in [-0.25, -0.2) is 9.97 Å². The van der Waals surface area contributed by atoms with Crippen molar-refractivity contribution in [1.29, 1.82) is 0 Å². The summed E-state index contributed by atoms with van der Waals surface area (Å²) in [6.07, 6.45) is 0. The van der Waals surface area contributed by atoms with Gasteiger partial charge in [0.2, 0.25) is 0 Å². The molecule has 0 fully saturated rings. The topological polar surface area (TPSA) is 55.3 Å². The fraction of sp³-hybridized carbons (Fsp3) is 0.0566. The summed E-state index contributed by atoms with van der Waals surface area (Å²) in [6, 6.07) is 61.9. The van der Waals surface area contributed by atoms with Crippen molar-refractivity contribution in [3.63, 3.8) is 0 Å². The normalized spacial score (nSPS) is 13.1. The summed E-state index contributed by atoms with van der Waals surface area (Å²) in [4.78, 5) is 13.1. The zero-order valence-electron chi connectivity index (χ0n) is 31.9. The molecule has 3 heterocycles. The SMILES string of the molecule is CC1(C)c2ccccc2-c2ccc(N(c3ccccc3)c3cc(-c4nc(-c5ccccc5)c5oc6ccccc6c5n4)c4oc5ccc6ccccc6c5c4c3)cc21. The second-order valence-corrected chi connectivity index (χ2v) is 15.7. The Bertz CT molecular complexity index is 3430. The molecule has 274 valence electrons. The standard InChI is InChI=1S/C53H35N3O2/c1-53(2)43-23-13-11-21-38(43)39-27-26-35(31-44(39)53)56(34-18-7-4-8-19-34)36-29-41-47-37-20-10-9-15-32(37)25-28-46(47)58-50(41)42(30-36)52-54-48(33-16-5-3-6-17-33)51-49(55-52)40-22-12-14-24-45(40)57-51/h3-31H,1-2H3. The molecular formula is C53H35N3O2. The van der Waals surface area contributed by atoms with E-state index in [4.69, 9.17) is 18.8 Å². The molecule has 0 aliphatic heterocycles. The highest BCUT2D eigenvalue weighted by molar-refractivity contribution is 6.21. The molecule has 0 spiro atoms. The number of benzene rings is 8. The summed E-state index contributed by atoms with van der Waals surface area (Å²) in [7, 11) is 0. The minimum Gasteiger partial charge on any atom is -0.455 e. The van der Waals surface area contributed by atoms with E-state index in [1.807, 2.05) is 36.4 Å². The molecule has 0 N–H and O–H groups in total. The van der Waals surface area contributed by atoms with Crippen LogP contribution in [-0.2, 0) is 5.41 Å². The first-order valence-electron chi connectivity index (χ1n) is 19.7. The number of para-hydroxylation sites is 2. The van der Waals surface area contributed by atoms with Gasteiger partial charge < -0.3 is 13.7 Å². The second kappa shape index (κ2) is 12.2. The molecule has 5 nitrogen and oxygen atoms in total. The maximum atomic E-state index is 6.92. The molecule has 1 aliphatic rings. The minimum absolute atomic E-state index is 0.163. The highest BCUT2D eigenvalue weighted by atomic mass is 16.3. The average molecular weight is 746 g/mol. The predicted molar refractivity (Wildman–Crippen MR) is 237 cm³/mol. The van der Waals surface area contributed by atoms with Gasteiger partial charge in [0.15, 0.2) is 11.4 Å². The van der Waals surface area contributed by atoms with E-state index in [1.165, 1.54) is 22.3 Å². The van der Waals surface area contributed by atoms with Crippen molar-refractivity contribution >= 4 is 71.8 Å². The molecule has 5 heteroatoms. The molecule has 0 radical (unpaired) electrons. The Balaban J connectivity index is 1.18. The largest absolute Gasteiger partial charge is 0.455 e. The van der Waals surface area contributed by atoms with Gasteiger partial charge in [-0.2, -0.15) is 0 Å². The van der Waals surface area contributed by atoms with E-state index in [0.29, 0.717) is 11.4 Å². The fourth-order valence-corrected chi connectivity index (χ4v) is 9.29. The average Bonchev–Trinajstić information content (AvgIpc) is 3.92.